The van der Waals surface area contributed by atoms with Crippen LogP contribution >= 0.6 is 11.8 Å². The van der Waals surface area contributed by atoms with E-state index in [4.69, 9.17) is 0 Å². The van der Waals surface area contributed by atoms with Gasteiger partial charge in [-0.25, -0.2) is 4.99 Å². The van der Waals surface area contributed by atoms with Crippen molar-refractivity contribution in [3.63, 3.8) is 0 Å². The molecule has 78 valence electrons. The van der Waals surface area contributed by atoms with E-state index in [1.807, 2.05) is 18.4 Å². The number of hydrogen-bond acceptors (Lipinski definition) is 4. The summed E-state index contributed by atoms with van der Waals surface area (Å²) in [5.41, 5.74) is 6.51. The zero-order valence-electron chi connectivity index (χ0n) is 8.82. The third kappa shape index (κ3) is 2.21. The topological polar surface area (TPSA) is 36.8 Å². The monoisotopic (exact) mass is 219 g/mol. The minimum Gasteiger partial charge on any atom is -0.301 e. The first kappa shape index (κ1) is 10.2. The van der Waals surface area contributed by atoms with Crippen LogP contribution in [0.2, 0.25) is 0 Å². The SMILES string of the molecule is CSC1=NNCC(c2ccccc2C)=N1. The number of hydrazone groups is 1. The highest BCUT2D eigenvalue weighted by atomic mass is 32.2. The number of thioether (sulfide) groups is 1. The van der Waals surface area contributed by atoms with E-state index >= 15 is 0 Å². The van der Waals surface area contributed by atoms with Gasteiger partial charge in [0, 0.05) is 5.56 Å². The van der Waals surface area contributed by atoms with Gasteiger partial charge in [0.1, 0.15) is 0 Å². The summed E-state index contributed by atoms with van der Waals surface area (Å²) in [5, 5.41) is 4.89. The maximum absolute atomic E-state index is 4.50. The Balaban J connectivity index is 2.36. The molecule has 0 bridgehead atoms. The summed E-state index contributed by atoms with van der Waals surface area (Å²) in [6, 6.07) is 8.27. The van der Waals surface area contributed by atoms with Gasteiger partial charge < -0.3 is 5.43 Å². The Kier molecular flexibility index (Phi) is 3.06. The Morgan fingerprint density at radius 2 is 2.13 bits per heavy atom. The maximum Gasteiger partial charge on any atom is 0.206 e. The lowest BCUT2D eigenvalue weighted by Crippen LogP contribution is -2.25. The van der Waals surface area contributed by atoms with E-state index in [9.17, 15) is 0 Å². The average molecular weight is 219 g/mol. The molecule has 0 unspecified atom stereocenters. The largest absolute Gasteiger partial charge is 0.301 e. The first-order chi connectivity index (χ1) is 7.31. The molecule has 1 N–H and O–H groups in total. The first-order valence-electron chi connectivity index (χ1n) is 4.79. The molecule has 0 saturated heterocycles. The number of nitrogens with zero attached hydrogens (tertiary/aromatic N) is 2. The molecular weight excluding hydrogens is 206 g/mol. The molecule has 1 aromatic rings. The third-order valence-electron chi connectivity index (χ3n) is 2.29. The summed E-state index contributed by atoms with van der Waals surface area (Å²) in [5.74, 6) is 0. The van der Waals surface area contributed by atoms with Crippen molar-refractivity contribution >= 4 is 22.6 Å². The van der Waals surface area contributed by atoms with Gasteiger partial charge in [0.15, 0.2) is 0 Å². The van der Waals surface area contributed by atoms with Crippen molar-refractivity contribution in [3.8, 4) is 0 Å². The molecule has 1 aliphatic heterocycles. The quantitative estimate of drug-likeness (QED) is 0.784. The molecule has 4 heteroatoms. The molecule has 0 atom stereocenters. The lowest BCUT2D eigenvalue weighted by atomic mass is 10.0. The van der Waals surface area contributed by atoms with Crippen LogP contribution in [0.3, 0.4) is 0 Å². The van der Waals surface area contributed by atoms with Gasteiger partial charge >= 0.3 is 0 Å². The van der Waals surface area contributed by atoms with E-state index in [1.165, 1.54) is 11.1 Å². The number of aliphatic imine (C=N–C) groups is 1. The van der Waals surface area contributed by atoms with E-state index in [0.717, 1.165) is 10.9 Å². The van der Waals surface area contributed by atoms with Crippen LogP contribution < -0.4 is 5.43 Å². The molecule has 0 spiro atoms. The van der Waals surface area contributed by atoms with Gasteiger partial charge in [0.05, 0.1) is 12.3 Å². The molecule has 0 fully saturated rings. The van der Waals surface area contributed by atoms with E-state index in [0.29, 0.717) is 6.54 Å². The summed E-state index contributed by atoms with van der Waals surface area (Å²) in [4.78, 5) is 4.50. The second kappa shape index (κ2) is 4.49. The van der Waals surface area contributed by atoms with Crippen LogP contribution in [-0.4, -0.2) is 23.7 Å². The van der Waals surface area contributed by atoms with Crippen molar-refractivity contribution in [2.75, 3.05) is 12.8 Å². The lowest BCUT2D eigenvalue weighted by Gasteiger charge is -2.13. The minimum atomic E-state index is 0.703. The van der Waals surface area contributed by atoms with Gasteiger partial charge in [-0.2, -0.15) is 5.10 Å². The van der Waals surface area contributed by atoms with Gasteiger partial charge in [-0.1, -0.05) is 36.0 Å². The molecule has 15 heavy (non-hydrogen) atoms. The van der Waals surface area contributed by atoms with E-state index in [2.05, 4.69) is 34.6 Å². The molecule has 3 nitrogen and oxygen atoms in total. The number of rotatable bonds is 1. The van der Waals surface area contributed by atoms with Crippen LogP contribution in [0.25, 0.3) is 0 Å². The number of aryl methyl sites for hydroxylation is 1. The highest BCUT2D eigenvalue weighted by Crippen LogP contribution is 2.12. The van der Waals surface area contributed by atoms with E-state index < -0.39 is 0 Å². The van der Waals surface area contributed by atoms with Crippen molar-refractivity contribution in [2.45, 2.75) is 6.92 Å². The number of benzene rings is 1. The molecule has 0 aliphatic carbocycles. The van der Waals surface area contributed by atoms with Gasteiger partial charge in [-0.15, -0.1) is 0 Å². The summed E-state index contributed by atoms with van der Waals surface area (Å²) >= 11 is 1.55. The Hall–Kier alpha value is -1.29. The summed E-state index contributed by atoms with van der Waals surface area (Å²) in [6.07, 6.45) is 1.98. The molecule has 0 amide bonds. The van der Waals surface area contributed by atoms with Gasteiger partial charge in [0.2, 0.25) is 5.17 Å². The van der Waals surface area contributed by atoms with Gasteiger partial charge in [0.25, 0.3) is 0 Å². The molecule has 0 saturated carbocycles. The van der Waals surface area contributed by atoms with E-state index in [1.54, 1.807) is 11.8 Å². The molecule has 1 aromatic carbocycles. The Morgan fingerprint density at radius 3 is 2.87 bits per heavy atom. The third-order valence-corrected chi connectivity index (χ3v) is 2.84. The molecule has 2 rings (SSSR count). The van der Waals surface area contributed by atoms with Crippen molar-refractivity contribution < 1.29 is 0 Å². The summed E-state index contributed by atoms with van der Waals surface area (Å²) in [7, 11) is 0. The molecular formula is C11H13N3S. The van der Waals surface area contributed by atoms with Crippen LogP contribution in [0.1, 0.15) is 11.1 Å². The Morgan fingerprint density at radius 1 is 1.33 bits per heavy atom. The summed E-state index contributed by atoms with van der Waals surface area (Å²) < 4.78 is 0. The van der Waals surface area contributed by atoms with Crippen molar-refractivity contribution in [1.29, 1.82) is 0 Å². The summed E-state index contributed by atoms with van der Waals surface area (Å²) in [6.45, 7) is 2.80. The normalized spacial score (nSPS) is 15.3. The molecule has 1 aliphatic rings. The van der Waals surface area contributed by atoms with Crippen molar-refractivity contribution in [1.82, 2.24) is 5.43 Å². The fraction of sp³-hybridized carbons (Fsp3) is 0.273. The smallest absolute Gasteiger partial charge is 0.206 e. The van der Waals surface area contributed by atoms with Crippen molar-refractivity contribution in [2.24, 2.45) is 10.1 Å². The fourth-order valence-electron chi connectivity index (χ4n) is 1.51. The van der Waals surface area contributed by atoms with Crippen LogP contribution in [0.5, 0.6) is 0 Å². The predicted octanol–water partition coefficient (Wildman–Crippen LogP) is 2.02. The van der Waals surface area contributed by atoms with Gasteiger partial charge in [-0.3, -0.25) is 0 Å². The predicted molar refractivity (Wildman–Crippen MR) is 66.7 cm³/mol. The lowest BCUT2D eigenvalue weighted by molar-refractivity contribution is 0.836. The molecule has 0 aromatic heterocycles. The molecule has 0 radical (unpaired) electrons. The standard InChI is InChI=1S/C11H13N3S/c1-8-5-3-4-6-9(8)10-7-12-14-11(13-10)15-2/h3-6,12H,7H2,1-2H3. The van der Waals surface area contributed by atoms with Crippen molar-refractivity contribution in [3.05, 3.63) is 35.4 Å². The van der Waals surface area contributed by atoms with E-state index in [-0.39, 0.29) is 0 Å². The van der Waals surface area contributed by atoms with Crippen LogP contribution in [-0.2, 0) is 0 Å². The second-order valence-corrected chi connectivity index (χ2v) is 4.08. The molecule has 1 heterocycles. The van der Waals surface area contributed by atoms with Crippen LogP contribution in [0, 0.1) is 6.92 Å². The minimum absolute atomic E-state index is 0.703. The number of hydrogen-bond donors (Lipinski definition) is 1. The number of amidine groups is 1. The first-order valence-corrected chi connectivity index (χ1v) is 6.02. The second-order valence-electron chi connectivity index (χ2n) is 3.31. The zero-order chi connectivity index (χ0) is 10.7. The fourth-order valence-corrected chi connectivity index (χ4v) is 1.86. The Labute approximate surface area is 93.7 Å². The Bertz CT molecular complexity index is 424. The maximum atomic E-state index is 4.50. The van der Waals surface area contributed by atoms with Gasteiger partial charge in [-0.05, 0) is 18.7 Å². The highest BCUT2D eigenvalue weighted by Gasteiger charge is 2.10. The zero-order valence-corrected chi connectivity index (χ0v) is 9.64. The highest BCUT2D eigenvalue weighted by molar-refractivity contribution is 8.13. The van der Waals surface area contributed by atoms with Crippen LogP contribution in [0.4, 0.5) is 0 Å². The number of nitrogens with one attached hydrogen (secondary N) is 1. The average Bonchev–Trinajstić information content (AvgIpc) is 2.30. The van der Waals surface area contributed by atoms with Crippen LogP contribution in [0.15, 0.2) is 34.4 Å².